The van der Waals surface area contributed by atoms with Crippen LogP contribution >= 0.6 is 0 Å². The molecule has 8 heteroatoms. The van der Waals surface area contributed by atoms with Gasteiger partial charge in [0.15, 0.2) is 0 Å². The lowest BCUT2D eigenvalue weighted by molar-refractivity contribution is -0.129. The van der Waals surface area contributed by atoms with Crippen molar-refractivity contribution in [3.63, 3.8) is 0 Å². The van der Waals surface area contributed by atoms with Crippen LogP contribution in [-0.4, -0.2) is 70.1 Å². The molecule has 3 fully saturated rings. The van der Waals surface area contributed by atoms with E-state index in [1.54, 1.807) is 13.1 Å². The summed E-state index contributed by atoms with van der Waals surface area (Å²) in [6.45, 7) is 6.94. The second-order valence-electron chi connectivity index (χ2n) is 8.45. The van der Waals surface area contributed by atoms with Crippen molar-refractivity contribution in [3.05, 3.63) is 24.2 Å². The average Bonchev–Trinajstić information content (AvgIpc) is 3.23. The number of amides is 1. The monoisotopic (exact) mass is 396 g/mol. The zero-order valence-corrected chi connectivity index (χ0v) is 17.0. The summed E-state index contributed by atoms with van der Waals surface area (Å²) in [6, 6.07) is 4.22. The van der Waals surface area contributed by atoms with Crippen LogP contribution in [0, 0.1) is 5.92 Å². The van der Waals surface area contributed by atoms with Gasteiger partial charge in [-0.25, -0.2) is 4.98 Å². The fraction of sp³-hybridized carbons (Fsp3) is 0.619. The molecule has 1 saturated carbocycles. The molecule has 0 bridgehead atoms. The highest BCUT2D eigenvalue weighted by atomic mass is 16.5. The number of carbonyl (C=O) groups is 1. The first-order valence-corrected chi connectivity index (χ1v) is 10.7. The van der Waals surface area contributed by atoms with Gasteiger partial charge in [-0.05, 0) is 50.3 Å². The molecule has 0 aromatic carbocycles. The third kappa shape index (κ3) is 3.99. The lowest BCUT2D eigenvalue weighted by atomic mass is 10.2. The van der Waals surface area contributed by atoms with Crippen LogP contribution in [0.2, 0.25) is 0 Å². The van der Waals surface area contributed by atoms with Gasteiger partial charge < -0.3 is 14.3 Å². The van der Waals surface area contributed by atoms with Crippen molar-refractivity contribution >= 4 is 11.7 Å². The largest absolute Gasteiger partial charge is 0.353 e. The topological polar surface area (TPSA) is 78.6 Å². The Hall–Kier alpha value is -2.48. The predicted molar refractivity (Wildman–Crippen MR) is 108 cm³/mol. The molecule has 4 heterocycles. The molecule has 0 spiro atoms. The summed E-state index contributed by atoms with van der Waals surface area (Å²) in [6.07, 6.45) is 6.81. The third-order valence-electron chi connectivity index (χ3n) is 6.33. The van der Waals surface area contributed by atoms with E-state index in [9.17, 15) is 4.79 Å². The minimum absolute atomic E-state index is 0.133. The second-order valence-corrected chi connectivity index (χ2v) is 8.45. The number of aromatic nitrogens is 3. The first-order chi connectivity index (χ1) is 14.2. The fourth-order valence-corrected chi connectivity index (χ4v) is 4.43. The van der Waals surface area contributed by atoms with E-state index in [0.29, 0.717) is 5.82 Å². The van der Waals surface area contributed by atoms with Gasteiger partial charge in [-0.1, -0.05) is 5.16 Å². The number of piperazine rings is 1. The van der Waals surface area contributed by atoms with E-state index in [4.69, 9.17) is 9.51 Å². The van der Waals surface area contributed by atoms with E-state index in [0.717, 1.165) is 68.9 Å². The van der Waals surface area contributed by atoms with Gasteiger partial charge in [0.2, 0.25) is 17.6 Å². The SMILES string of the molecule is CC(=O)N1CCN(c2cc(-c3noc([C@@H]4CCCN4CC4CC4)n3)ccn2)CC1. The van der Waals surface area contributed by atoms with Crippen molar-refractivity contribution in [2.45, 2.75) is 38.6 Å². The van der Waals surface area contributed by atoms with Crippen molar-refractivity contribution in [2.75, 3.05) is 44.2 Å². The number of likely N-dealkylation sites (tertiary alicyclic amines) is 1. The molecular formula is C21H28N6O2. The zero-order chi connectivity index (χ0) is 19.8. The Bertz CT molecular complexity index is 872. The Morgan fingerprint density at radius 3 is 2.76 bits per heavy atom. The van der Waals surface area contributed by atoms with Crippen LogP contribution in [0.1, 0.15) is 44.5 Å². The molecule has 1 atom stereocenters. The molecular weight excluding hydrogens is 368 g/mol. The van der Waals surface area contributed by atoms with E-state index in [2.05, 4.69) is 19.9 Å². The summed E-state index contributed by atoms with van der Waals surface area (Å²) in [7, 11) is 0. The van der Waals surface area contributed by atoms with Crippen LogP contribution in [0.5, 0.6) is 0 Å². The van der Waals surface area contributed by atoms with E-state index < -0.39 is 0 Å². The van der Waals surface area contributed by atoms with Crippen LogP contribution in [-0.2, 0) is 4.79 Å². The molecule has 1 aliphatic carbocycles. The van der Waals surface area contributed by atoms with Gasteiger partial charge >= 0.3 is 0 Å². The number of hydrogen-bond donors (Lipinski definition) is 0. The van der Waals surface area contributed by atoms with Gasteiger partial charge in [-0.3, -0.25) is 9.69 Å². The van der Waals surface area contributed by atoms with Crippen LogP contribution in [0.4, 0.5) is 5.82 Å². The third-order valence-corrected chi connectivity index (χ3v) is 6.33. The number of pyridine rings is 1. The molecule has 3 aliphatic rings. The highest BCUT2D eigenvalue weighted by molar-refractivity contribution is 5.73. The van der Waals surface area contributed by atoms with Crippen molar-refractivity contribution < 1.29 is 9.32 Å². The van der Waals surface area contributed by atoms with Crippen molar-refractivity contribution in [1.82, 2.24) is 24.9 Å². The Labute approximate surface area is 170 Å². The molecule has 0 unspecified atom stereocenters. The Morgan fingerprint density at radius 2 is 2.00 bits per heavy atom. The molecule has 8 nitrogen and oxygen atoms in total. The van der Waals surface area contributed by atoms with E-state index in [1.807, 2.05) is 17.0 Å². The van der Waals surface area contributed by atoms with Crippen molar-refractivity contribution in [2.24, 2.45) is 5.92 Å². The average molecular weight is 396 g/mol. The number of hydrogen-bond acceptors (Lipinski definition) is 7. The van der Waals surface area contributed by atoms with Gasteiger partial charge in [0.25, 0.3) is 0 Å². The maximum absolute atomic E-state index is 11.5. The number of carbonyl (C=O) groups excluding carboxylic acids is 1. The van der Waals surface area contributed by atoms with Gasteiger partial charge in [-0.2, -0.15) is 4.98 Å². The van der Waals surface area contributed by atoms with Gasteiger partial charge in [0.1, 0.15) is 5.82 Å². The van der Waals surface area contributed by atoms with Gasteiger partial charge in [-0.15, -0.1) is 0 Å². The smallest absolute Gasteiger partial charge is 0.244 e. The Kier molecular flexibility index (Phi) is 4.95. The standard InChI is InChI=1S/C21H28N6O2/c1-15(28)25-9-11-26(12-10-25)19-13-17(6-7-22-19)20-23-21(29-24-20)18-3-2-8-27(18)14-16-4-5-16/h6-7,13,16,18H,2-5,8-12,14H2,1H3/t18-/m0/s1. The van der Waals surface area contributed by atoms with E-state index in [-0.39, 0.29) is 11.9 Å². The molecule has 29 heavy (non-hydrogen) atoms. The van der Waals surface area contributed by atoms with Crippen molar-refractivity contribution in [3.8, 4) is 11.4 Å². The summed E-state index contributed by atoms with van der Waals surface area (Å²) in [5, 5.41) is 4.27. The van der Waals surface area contributed by atoms with Crippen molar-refractivity contribution in [1.29, 1.82) is 0 Å². The molecule has 2 aliphatic heterocycles. The molecule has 0 radical (unpaired) electrons. The second kappa shape index (κ2) is 7.74. The number of rotatable bonds is 5. The summed E-state index contributed by atoms with van der Waals surface area (Å²) < 4.78 is 5.68. The molecule has 154 valence electrons. The summed E-state index contributed by atoms with van der Waals surface area (Å²) in [5.74, 6) is 3.27. The normalized spacial score (nSPS) is 23.0. The zero-order valence-electron chi connectivity index (χ0n) is 17.0. The molecule has 1 amide bonds. The maximum atomic E-state index is 11.5. The van der Waals surface area contributed by atoms with Crippen LogP contribution < -0.4 is 4.90 Å². The summed E-state index contributed by atoms with van der Waals surface area (Å²) in [4.78, 5) is 27.4. The van der Waals surface area contributed by atoms with Gasteiger partial charge in [0.05, 0.1) is 6.04 Å². The minimum atomic E-state index is 0.133. The predicted octanol–water partition coefficient (Wildman–Crippen LogP) is 2.35. The quantitative estimate of drug-likeness (QED) is 0.767. The summed E-state index contributed by atoms with van der Waals surface area (Å²) >= 11 is 0. The fourth-order valence-electron chi connectivity index (χ4n) is 4.43. The first-order valence-electron chi connectivity index (χ1n) is 10.7. The number of anilines is 1. The number of nitrogens with zero attached hydrogens (tertiary/aromatic N) is 6. The molecule has 5 rings (SSSR count). The van der Waals surface area contributed by atoms with Crippen LogP contribution in [0.3, 0.4) is 0 Å². The van der Waals surface area contributed by atoms with E-state index in [1.165, 1.54) is 19.3 Å². The molecule has 2 saturated heterocycles. The van der Waals surface area contributed by atoms with Gasteiger partial charge in [0, 0.05) is 51.4 Å². The first kappa shape index (κ1) is 18.5. The maximum Gasteiger partial charge on any atom is 0.244 e. The molecule has 0 N–H and O–H groups in total. The Morgan fingerprint density at radius 1 is 1.17 bits per heavy atom. The van der Waals surface area contributed by atoms with E-state index >= 15 is 0 Å². The minimum Gasteiger partial charge on any atom is -0.353 e. The molecule has 2 aromatic heterocycles. The molecule has 2 aromatic rings. The van der Waals surface area contributed by atoms with Crippen LogP contribution in [0.15, 0.2) is 22.9 Å². The lowest BCUT2D eigenvalue weighted by Gasteiger charge is -2.34. The Balaban J connectivity index is 1.29. The highest BCUT2D eigenvalue weighted by Gasteiger charge is 2.34. The van der Waals surface area contributed by atoms with Crippen LogP contribution in [0.25, 0.3) is 11.4 Å². The summed E-state index contributed by atoms with van der Waals surface area (Å²) in [5.41, 5.74) is 0.922. The highest BCUT2D eigenvalue weighted by Crippen LogP contribution is 2.37. The lowest BCUT2D eigenvalue weighted by Crippen LogP contribution is -2.48.